The first kappa shape index (κ1) is 23.8. The second-order valence-corrected chi connectivity index (χ2v) is 7.58. The molecule has 0 saturated heterocycles. The molecule has 0 saturated carbocycles. The van der Waals surface area contributed by atoms with Crippen LogP contribution in [-0.2, 0) is 25.9 Å². The highest BCUT2D eigenvalue weighted by Crippen LogP contribution is 2.17. The summed E-state index contributed by atoms with van der Waals surface area (Å²) in [4.78, 5) is 25.1. The van der Waals surface area contributed by atoms with Gasteiger partial charge in [0.15, 0.2) is 23.3 Å². The molecule has 0 amide bonds. The highest BCUT2D eigenvalue weighted by atomic mass is 19.2. The molecule has 0 unspecified atom stereocenters. The zero-order chi connectivity index (χ0) is 24.3. The molecule has 0 fully saturated rings. The molecular weight excluding hydrogens is 440 g/mol. The molecule has 0 aliphatic rings. The Morgan fingerprint density at radius 2 is 1.24 bits per heavy atom. The number of benzene rings is 2. The Bertz CT molecular complexity index is 1360. The summed E-state index contributed by atoms with van der Waals surface area (Å²) in [5.41, 5.74) is -1.18. The molecule has 1 aromatic heterocycles. The van der Waals surface area contributed by atoms with Crippen LogP contribution in [0.1, 0.15) is 11.1 Å². The van der Waals surface area contributed by atoms with Crippen LogP contribution in [0.3, 0.4) is 0 Å². The third-order valence-corrected chi connectivity index (χ3v) is 4.96. The van der Waals surface area contributed by atoms with Crippen LogP contribution in [0.5, 0.6) is 5.88 Å². The molecule has 172 valence electrons. The maximum absolute atomic E-state index is 13.9. The molecule has 1 N–H and O–H groups in total. The number of allylic oxidation sites excluding steroid dienone is 2. The van der Waals surface area contributed by atoms with Crippen molar-refractivity contribution in [2.24, 2.45) is 0 Å². The van der Waals surface area contributed by atoms with E-state index in [-0.39, 0.29) is 48.2 Å². The molecule has 0 aliphatic heterocycles. The first-order chi connectivity index (χ1) is 15.6. The maximum atomic E-state index is 13.9. The first-order valence-electron chi connectivity index (χ1n) is 9.81. The van der Waals surface area contributed by atoms with Crippen molar-refractivity contribution in [3.8, 4) is 5.88 Å². The van der Waals surface area contributed by atoms with E-state index in [1.807, 2.05) is 0 Å². The number of hydrogen-bond acceptors (Lipinski definition) is 3. The van der Waals surface area contributed by atoms with E-state index < -0.39 is 40.4 Å². The fraction of sp³-hybridized carbons (Fsp3) is 0.167. The van der Waals surface area contributed by atoms with Crippen LogP contribution < -0.4 is 11.2 Å². The summed E-state index contributed by atoms with van der Waals surface area (Å²) in [5.74, 6) is -4.78. The van der Waals surface area contributed by atoms with Crippen molar-refractivity contribution in [2.75, 3.05) is 0 Å². The van der Waals surface area contributed by atoms with E-state index in [9.17, 15) is 32.3 Å². The fourth-order valence-corrected chi connectivity index (χ4v) is 3.37. The van der Waals surface area contributed by atoms with Gasteiger partial charge >= 0.3 is 5.69 Å². The topological polar surface area (TPSA) is 64.2 Å². The quantitative estimate of drug-likeness (QED) is 0.410. The summed E-state index contributed by atoms with van der Waals surface area (Å²) in [6.07, 6.45) is -0.234. The van der Waals surface area contributed by atoms with E-state index in [1.165, 1.54) is 24.3 Å². The fourth-order valence-electron chi connectivity index (χ4n) is 3.37. The molecule has 9 heteroatoms. The summed E-state index contributed by atoms with van der Waals surface area (Å²) < 4.78 is 56.3. The zero-order valence-electron chi connectivity index (χ0n) is 17.5. The smallest absolute Gasteiger partial charge is 0.334 e. The van der Waals surface area contributed by atoms with Gasteiger partial charge in [-0.1, -0.05) is 48.6 Å². The van der Waals surface area contributed by atoms with Crippen LogP contribution in [0.4, 0.5) is 17.6 Å². The number of rotatable bonds is 8. The van der Waals surface area contributed by atoms with Gasteiger partial charge in [-0.3, -0.25) is 13.9 Å². The van der Waals surface area contributed by atoms with E-state index in [1.54, 1.807) is 0 Å². The third-order valence-electron chi connectivity index (χ3n) is 4.96. The number of halogens is 4. The van der Waals surface area contributed by atoms with Gasteiger partial charge in [0.05, 0.1) is 19.2 Å². The molecule has 0 spiro atoms. The standard InChI is InChI=1S/C24H20F4N2O3/c1-14(9-16-5-3-7-18(25)22(16)27)12-29-20(31)11-21(32)30(24(29)33)13-15(2)10-17-6-4-8-19(26)23(17)28/h3-8,11,31H,1-2,9-10,12-13H2. The third kappa shape index (κ3) is 5.31. The zero-order valence-corrected chi connectivity index (χ0v) is 17.5. The molecule has 0 atom stereocenters. The largest absolute Gasteiger partial charge is 0.494 e. The highest BCUT2D eigenvalue weighted by molar-refractivity contribution is 5.25. The summed E-state index contributed by atoms with van der Waals surface area (Å²) >= 11 is 0. The average molecular weight is 460 g/mol. The van der Waals surface area contributed by atoms with Gasteiger partial charge in [-0.25, -0.2) is 22.4 Å². The number of aromatic nitrogens is 2. The van der Waals surface area contributed by atoms with Gasteiger partial charge in [0, 0.05) is 0 Å². The van der Waals surface area contributed by atoms with Gasteiger partial charge in [0.25, 0.3) is 5.56 Å². The second kappa shape index (κ2) is 9.72. The van der Waals surface area contributed by atoms with Crippen LogP contribution >= 0.6 is 0 Å². The van der Waals surface area contributed by atoms with Crippen molar-refractivity contribution < 1.29 is 22.7 Å². The van der Waals surface area contributed by atoms with E-state index in [0.29, 0.717) is 0 Å². The lowest BCUT2D eigenvalue weighted by molar-refractivity contribution is 0.398. The molecule has 3 aromatic rings. The minimum absolute atomic E-state index is 0.0117. The Hall–Kier alpha value is -3.88. The van der Waals surface area contributed by atoms with Gasteiger partial charge in [0.1, 0.15) is 0 Å². The van der Waals surface area contributed by atoms with Crippen molar-refractivity contribution >= 4 is 0 Å². The van der Waals surface area contributed by atoms with Crippen molar-refractivity contribution in [3.63, 3.8) is 0 Å². The molecule has 33 heavy (non-hydrogen) atoms. The Labute approximate surface area is 186 Å². The van der Waals surface area contributed by atoms with E-state index >= 15 is 0 Å². The van der Waals surface area contributed by atoms with Gasteiger partial charge in [-0.15, -0.1) is 0 Å². The van der Waals surface area contributed by atoms with Gasteiger partial charge in [-0.05, 0) is 36.1 Å². The van der Waals surface area contributed by atoms with E-state index in [2.05, 4.69) is 13.2 Å². The number of nitrogens with zero attached hydrogens (tertiary/aromatic N) is 2. The Morgan fingerprint density at radius 3 is 1.73 bits per heavy atom. The Kier molecular flexibility index (Phi) is 7.01. The molecule has 3 rings (SSSR count). The van der Waals surface area contributed by atoms with Crippen LogP contribution in [0.15, 0.2) is 76.4 Å². The minimum Gasteiger partial charge on any atom is -0.494 e. The van der Waals surface area contributed by atoms with E-state index in [0.717, 1.165) is 27.3 Å². The van der Waals surface area contributed by atoms with Gasteiger partial charge in [0.2, 0.25) is 5.88 Å². The SMILES string of the molecule is C=C(Cc1cccc(F)c1F)Cn1c(O)cc(=O)n(CC(=C)Cc2cccc(F)c2F)c1=O. The monoisotopic (exact) mass is 460 g/mol. The molecule has 0 radical (unpaired) electrons. The summed E-state index contributed by atoms with van der Waals surface area (Å²) in [7, 11) is 0. The Balaban J connectivity index is 1.82. The van der Waals surface area contributed by atoms with Crippen molar-refractivity contribution in [1.29, 1.82) is 0 Å². The van der Waals surface area contributed by atoms with Gasteiger partial charge in [-0.2, -0.15) is 0 Å². The summed E-state index contributed by atoms with van der Waals surface area (Å²) in [6.45, 7) is 6.90. The highest BCUT2D eigenvalue weighted by Gasteiger charge is 2.16. The average Bonchev–Trinajstić information content (AvgIpc) is 2.75. The molecule has 0 bridgehead atoms. The van der Waals surface area contributed by atoms with Crippen molar-refractivity contribution in [3.05, 3.63) is 122 Å². The second-order valence-electron chi connectivity index (χ2n) is 7.58. The van der Waals surface area contributed by atoms with Crippen molar-refractivity contribution in [2.45, 2.75) is 25.9 Å². The van der Waals surface area contributed by atoms with Crippen LogP contribution in [0.25, 0.3) is 0 Å². The lowest BCUT2D eigenvalue weighted by atomic mass is 10.1. The number of hydrogen-bond donors (Lipinski definition) is 1. The maximum Gasteiger partial charge on any atom is 0.334 e. The normalized spacial score (nSPS) is 10.9. The van der Waals surface area contributed by atoms with Gasteiger partial charge < -0.3 is 5.11 Å². The summed E-state index contributed by atoms with van der Waals surface area (Å²) in [5, 5.41) is 10.1. The van der Waals surface area contributed by atoms with Crippen LogP contribution in [0.2, 0.25) is 0 Å². The van der Waals surface area contributed by atoms with Crippen molar-refractivity contribution in [1.82, 2.24) is 9.13 Å². The summed E-state index contributed by atoms with van der Waals surface area (Å²) in [6, 6.07) is 8.13. The van der Waals surface area contributed by atoms with Crippen LogP contribution in [-0.4, -0.2) is 14.2 Å². The first-order valence-corrected chi connectivity index (χ1v) is 9.81. The van der Waals surface area contributed by atoms with E-state index in [4.69, 9.17) is 0 Å². The Morgan fingerprint density at radius 1 is 0.788 bits per heavy atom. The minimum atomic E-state index is -1.05. The van der Waals surface area contributed by atoms with Crippen LogP contribution in [0, 0.1) is 23.3 Å². The predicted molar refractivity (Wildman–Crippen MR) is 115 cm³/mol. The molecular formula is C24H20F4N2O3. The molecule has 5 nitrogen and oxygen atoms in total. The molecule has 2 aromatic carbocycles. The predicted octanol–water partition coefficient (Wildman–Crippen LogP) is 3.87. The lowest BCUT2D eigenvalue weighted by Gasteiger charge is -2.15. The molecule has 0 aliphatic carbocycles. The lowest BCUT2D eigenvalue weighted by Crippen LogP contribution is -2.40. The molecule has 1 heterocycles. The number of aromatic hydroxyl groups is 1.